The summed E-state index contributed by atoms with van der Waals surface area (Å²) in [5.41, 5.74) is 5.36. The van der Waals surface area contributed by atoms with Crippen LogP contribution in [0, 0.1) is 0 Å². The number of fused-ring (bicyclic) bond motifs is 6. The third kappa shape index (κ3) is 4.61. The summed E-state index contributed by atoms with van der Waals surface area (Å²) in [7, 11) is 0. The monoisotopic (exact) mass is 641 g/mol. The molecule has 0 aliphatic carbocycles. The Hall–Kier alpha value is -6.23. The molecule has 4 heteroatoms. The fourth-order valence-corrected chi connectivity index (χ4v) is 8.39. The summed E-state index contributed by atoms with van der Waals surface area (Å²) < 4.78 is 2.61. The Morgan fingerprint density at radius 2 is 0.837 bits per heavy atom. The lowest BCUT2D eigenvalue weighted by Gasteiger charge is -2.13. The van der Waals surface area contributed by atoms with E-state index in [1.54, 1.807) is 0 Å². The van der Waals surface area contributed by atoms with Gasteiger partial charge in [-0.25, -0.2) is 15.0 Å². The molecule has 0 spiro atoms. The number of nitrogens with zero attached hydrogens (tertiary/aromatic N) is 3. The predicted octanol–water partition coefficient (Wildman–Crippen LogP) is 12.4. The van der Waals surface area contributed by atoms with Crippen molar-refractivity contribution in [3.63, 3.8) is 0 Å². The molecule has 0 saturated carbocycles. The van der Waals surface area contributed by atoms with Crippen molar-refractivity contribution in [1.29, 1.82) is 0 Å². The number of rotatable bonds is 4. The van der Waals surface area contributed by atoms with E-state index in [4.69, 9.17) is 15.0 Å². The minimum absolute atomic E-state index is 0.650. The largest absolute Gasteiger partial charge is 0.208 e. The van der Waals surface area contributed by atoms with Gasteiger partial charge in [0.2, 0.25) is 0 Å². The molecule has 10 rings (SSSR count). The highest BCUT2D eigenvalue weighted by Gasteiger charge is 2.18. The molecule has 10 aromatic rings. The molecule has 0 radical (unpaired) electrons. The molecule has 0 aliphatic heterocycles. The van der Waals surface area contributed by atoms with Crippen LogP contribution in [0.3, 0.4) is 0 Å². The van der Waals surface area contributed by atoms with Crippen LogP contribution in [-0.4, -0.2) is 15.0 Å². The number of benzene rings is 8. The number of hydrogen-bond donors (Lipinski definition) is 0. The molecule has 49 heavy (non-hydrogen) atoms. The summed E-state index contributed by atoms with van der Waals surface area (Å²) in [6.07, 6.45) is 0. The average Bonchev–Trinajstić information content (AvgIpc) is 3.54. The van der Waals surface area contributed by atoms with Crippen molar-refractivity contribution in [3.8, 4) is 45.3 Å². The van der Waals surface area contributed by atoms with E-state index in [-0.39, 0.29) is 0 Å². The second-order valence-corrected chi connectivity index (χ2v) is 13.5. The molecule has 0 atom stereocenters. The normalized spacial score (nSPS) is 11.7. The predicted molar refractivity (Wildman–Crippen MR) is 207 cm³/mol. The highest BCUT2D eigenvalue weighted by atomic mass is 32.1. The second kappa shape index (κ2) is 11.2. The standard InChI is InChI=1S/C45H27N3S/c1-4-16-33-28(11-1)14-9-20-36(33)44-46-43(47-45(48-44)37-21-10-15-29-12-2-5-17-34(29)37)31-25-23-30(24-26-31)41-35-18-6-3-13-32(35)27-40-42(41)38-19-7-8-22-39(38)49-40/h1-27H. The van der Waals surface area contributed by atoms with Crippen LogP contribution in [0.15, 0.2) is 164 Å². The molecule has 0 fully saturated rings. The summed E-state index contributed by atoms with van der Waals surface area (Å²) in [6.45, 7) is 0. The highest BCUT2D eigenvalue weighted by Crippen LogP contribution is 2.44. The molecule has 2 aromatic heterocycles. The van der Waals surface area contributed by atoms with E-state index in [1.807, 2.05) is 11.3 Å². The molecular weight excluding hydrogens is 615 g/mol. The first-order valence-electron chi connectivity index (χ1n) is 16.4. The van der Waals surface area contributed by atoms with E-state index in [0.717, 1.165) is 38.2 Å². The maximum atomic E-state index is 5.14. The SMILES string of the molecule is c1ccc2c(-c3nc(-c4ccc(-c5c6ccccc6cc6sc7ccccc7c56)cc4)nc(-c4cccc5ccccc45)n3)cccc2c1. The lowest BCUT2D eigenvalue weighted by atomic mass is 9.93. The first-order valence-corrected chi connectivity index (χ1v) is 17.3. The number of hydrogen-bond acceptors (Lipinski definition) is 4. The molecule has 0 aliphatic rings. The van der Waals surface area contributed by atoms with E-state index < -0.39 is 0 Å². The molecule has 0 unspecified atom stereocenters. The van der Waals surface area contributed by atoms with Crippen LogP contribution >= 0.6 is 11.3 Å². The smallest absolute Gasteiger partial charge is 0.164 e. The van der Waals surface area contributed by atoms with Gasteiger partial charge in [-0.2, -0.15) is 0 Å². The Morgan fingerprint density at radius 1 is 0.347 bits per heavy atom. The Kier molecular flexibility index (Phi) is 6.36. The fourth-order valence-electron chi connectivity index (χ4n) is 7.22. The fraction of sp³-hybridized carbons (Fsp3) is 0. The third-order valence-corrected chi connectivity index (χ3v) is 10.6. The van der Waals surface area contributed by atoms with Crippen LogP contribution in [-0.2, 0) is 0 Å². The van der Waals surface area contributed by atoms with E-state index in [9.17, 15) is 0 Å². The Labute approximate surface area is 286 Å². The number of aromatic nitrogens is 3. The summed E-state index contributed by atoms with van der Waals surface area (Å²) >= 11 is 1.86. The quantitative estimate of drug-likeness (QED) is 0.192. The maximum absolute atomic E-state index is 5.14. The van der Waals surface area contributed by atoms with Gasteiger partial charge in [-0.05, 0) is 55.6 Å². The van der Waals surface area contributed by atoms with Gasteiger partial charge in [-0.3, -0.25) is 0 Å². The lowest BCUT2D eigenvalue weighted by molar-refractivity contribution is 1.08. The van der Waals surface area contributed by atoms with Crippen molar-refractivity contribution < 1.29 is 0 Å². The van der Waals surface area contributed by atoms with E-state index in [2.05, 4.69) is 164 Å². The molecule has 0 bridgehead atoms. The van der Waals surface area contributed by atoms with Gasteiger partial charge in [0.15, 0.2) is 17.5 Å². The third-order valence-electron chi connectivity index (χ3n) is 9.52. The first-order chi connectivity index (χ1) is 24.3. The van der Waals surface area contributed by atoms with Gasteiger partial charge in [-0.1, -0.05) is 152 Å². The van der Waals surface area contributed by atoms with E-state index >= 15 is 0 Å². The van der Waals surface area contributed by atoms with Crippen LogP contribution < -0.4 is 0 Å². The zero-order valence-corrected chi connectivity index (χ0v) is 27.2. The molecular formula is C45H27N3S. The van der Waals surface area contributed by atoms with Crippen molar-refractivity contribution in [2.45, 2.75) is 0 Å². The Balaban J connectivity index is 1.18. The van der Waals surface area contributed by atoms with Gasteiger partial charge in [0, 0.05) is 36.9 Å². The van der Waals surface area contributed by atoms with E-state index in [1.165, 1.54) is 42.1 Å². The zero-order valence-electron chi connectivity index (χ0n) is 26.3. The van der Waals surface area contributed by atoms with E-state index in [0.29, 0.717) is 17.5 Å². The molecule has 3 nitrogen and oxygen atoms in total. The van der Waals surface area contributed by atoms with Crippen LogP contribution in [0.1, 0.15) is 0 Å². The topological polar surface area (TPSA) is 38.7 Å². The molecule has 2 heterocycles. The molecule has 0 saturated heterocycles. The number of thiophene rings is 1. The van der Waals surface area contributed by atoms with Crippen LogP contribution in [0.5, 0.6) is 0 Å². The van der Waals surface area contributed by atoms with Crippen LogP contribution in [0.25, 0.3) is 97.8 Å². The highest BCUT2D eigenvalue weighted by molar-refractivity contribution is 7.26. The molecule has 0 amide bonds. The van der Waals surface area contributed by atoms with Crippen molar-refractivity contribution in [3.05, 3.63) is 164 Å². The van der Waals surface area contributed by atoms with Gasteiger partial charge in [0.05, 0.1) is 0 Å². The zero-order chi connectivity index (χ0) is 32.3. The minimum Gasteiger partial charge on any atom is -0.208 e. The summed E-state index contributed by atoms with van der Waals surface area (Å²) in [5.74, 6) is 1.97. The van der Waals surface area contributed by atoms with Crippen molar-refractivity contribution in [2.24, 2.45) is 0 Å². The molecule has 8 aromatic carbocycles. The summed E-state index contributed by atoms with van der Waals surface area (Å²) in [4.78, 5) is 15.4. The maximum Gasteiger partial charge on any atom is 0.164 e. The van der Waals surface area contributed by atoms with Crippen molar-refractivity contribution >= 4 is 63.8 Å². The van der Waals surface area contributed by atoms with Crippen LogP contribution in [0.4, 0.5) is 0 Å². The molecule has 228 valence electrons. The van der Waals surface area contributed by atoms with Gasteiger partial charge < -0.3 is 0 Å². The lowest BCUT2D eigenvalue weighted by Crippen LogP contribution is -2.01. The summed E-state index contributed by atoms with van der Waals surface area (Å²) in [5, 5.41) is 9.64. The summed E-state index contributed by atoms with van der Waals surface area (Å²) in [6, 6.07) is 58.0. The second-order valence-electron chi connectivity index (χ2n) is 12.4. The minimum atomic E-state index is 0.650. The van der Waals surface area contributed by atoms with Gasteiger partial charge in [0.25, 0.3) is 0 Å². The van der Waals surface area contributed by atoms with Gasteiger partial charge in [-0.15, -0.1) is 11.3 Å². The van der Waals surface area contributed by atoms with Crippen molar-refractivity contribution in [1.82, 2.24) is 15.0 Å². The van der Waals surface area contributed by atoms with Gasteiger partial charge in [0.1, 0.15) is 0 Å². The average molecular weight is 642 g/mol. The van der Waals surface area contributed by atoms with Crippen molar-refractivity contribution in [2.75, 3.05) is 0 Å². The Bertz CT molecular complexity index is 2780. The Morgan fingerprint density at radius 3 is 1.49 bits per heavy atom. The molecule has 0 N–H and O–H groups in total. The van der Waals surface area contributed by atoms with Gasteiger partial charge >= 0.3 is 0 Å². The first kappa shape index (κ1) is 27.8. The van der Waals surface area contributed by atoms with Crippen LogP contribution in [0.2, 0.25) is 0 Å².